The number of carboxylic acid groups (broad SMARTS) is 3. The van der Waals surface area contributed by atoms with E-state index in [1.54, 1.807) is 61.5 Å². The van der Waals surface area contributed by atoms with Crippen LogP contribution in [0.4, 0.5) is 0 Å². The van der Waals surface area contributed by atoms with Crippen molar-refractivity contribution in [3.05, 3.63) is 312 Å². The molecule has 2 aromatic heterocycles. The van der Waals surface area contributed by atoms with E-state index >= 15 is 0 Å². The lowest BCUT2D eigenvalue weighted by atomic mass is 10.1. The average Bonchev–Trinajstić information content (AvgIpc) is 1.44. The Labute approximate surface area is 651 Å². The number of rotatable bonds is 25. The minimum Gasteiger partial charge on any atom is -0.480 e. The molecule has 12 aromatic rings. The van der Waals surface area contributed by atoms with Crippen LogP contribution in [0.5, 0.6) is 0 Å². The number of aliphatic carboxylic acids is 1. The number of hydrogen-bond acceptors (Lipinski definition) is 18. The van der Waals surface area contributed by atoms with Crippen molar-refractivity contribution in [2.45, 2.75) is 105 Å². The summed E-state index contributed by atoms with van der Waals surface area (Å²) in [6, 6.07) is 77.7. The molecule has 0 radical (unpaired) electrons. The Bertz CT molecular complexity index is 5310. The van der Waals surface area contributed by atoms with Gasteiger partial charge in [0.15, 0.2) is 0 Å². The van der Waals surface area contributed by atoms with Crippen molar-refractivity contribution in [3.8, 4) is 45.7 Å². The highest BCUT2D eigenvalue weighted by Crippen LogP contribution is 2.27. The highest BCUT2D eigenvalue weighted by Gasteiger charge is 2.27. The van der Waals surface area contributed by atoms with Gasteiger partial charge in [0.25, 0.3) is 20.8 Å². The normalized spacial score (nSPS) is 12.1. The third-order valence-corrected chi connectivity index (χ3v) is 21.4. The zero-order valence-corrected chi connectivity index (χ0v) is 63.0. The topological polar surface area (TPSA) is 388 Å². The van der Waals surface area contributed by atoms with E-state index in [-0.39, 0.29) is 88.4 Å². The predicted octanol–water partition coefficient (Wildman–Crippen LogP) is 14.6. The van der Waals surface area contributed by atoms with Crippen LogP contribution in [0, 0.1) is 0 Å². The number of nitrogens with two attached hydrogens (primary N) is 1. The number of nitrogens with one attached hydrogen (secondary N) is 3. The van der Waals surface area contributed by atoms with Crippen LogP contribution in [0.2, 0.25) is 0 Å². The summed E-state index contributed by atoms with van der Waals surface area (Å²) in [5.41, 5.74) is 12.7. The number of carboxylic acids is 3. The number of aromatic carboxylic acids is 2. The van der Waals surface area contributed by atoms with Crippen molar-refractivity contribution in [1.82, 2.24) is 34.4 Å². The van der Waals surface area contributed by atoms with Crippen molar-refractivity contribution in [2.75, 3.05) is 0 Å². The van der Waals surface area contributed by atoms with Crippen LogP contribution in [-0.4, -0.2) is 111 Å². The molecule has 0 bridgehead atoms. The van der Waals surface area contributed by atoms with Gasteiger partial charge in [-0.2, -0.15) is 14.7 Å². The molecule has 4 atom stereocenters. The van der Waals surface area contributed by atoms with Crippen LogP contribution in [0.15, 0.2) is 308 Å². The Morgan fingerprint density at radius 1 is 0.382 bits per heavy atom. The van der Waals surface area contributed by atoms with Crippen molar-refractivity contribution >= 4 is 80.1 Å². The van der Waals surface area contributed by atoms with Crippen molar-refractivity contribution in [2.24, 2.45) is 5.73 Å². The Morgan fingerprint density at radius 2 is 0.655 bits per heavy atom. The summed E-state index contributed by atoms with van der Waals surface area (Å²) < 4.78 is 115. The van der Waals surface area contributed by atoms with E-state index in [0.29, 0.717) is 47.1 Å². The standard InChI is InChI=1S/C23H19N3O5S.C23H21N3O3S.C16H17NO4S.C9H13N.C7H5ClO4S.2CH4.ClH/c27-23(28)20(15-16-7-3-1-4-8-16)26-32(29,30)19-13-11-18(12-14-19)22-24-21(25-31-22)17-9-5-2-6-10-17;1-17(16-18-8-4-2-5-9-18)26-30(27,28)21-14-12-20(13-15-21)23-24-22(25-29-23)19-10-6-3-7-11-19;1-12(11-13-5-3-2-4-6-13)17-22(20,21)15-9-7-14(8-10-15)16(18)19;1-8(10)7-9-5-3-2-4-6-9;8-13(11,12)6-3-1-5(2-4-6)7(9)10;;;/h1-14,20,26H,15H2,(H,27,28);2-15,17,26H,16H2,1H3;2-10,12,17H,11H2,1H3,(H,18,19);2-6,8H,7,10H2,1H3;1-4H,(H,9,10);2*1H4;1H/t20-;17-;12-;8-;;;;/m1000..../s1. The van der Waals surface area contributed by atoms with E-state index in [9.17, 15) is 53.2 Å². The number of sulfonamides is 3. The molecule has 578 valence electrons. The fourth-order valence-corrected chi connectivity index (χ4v) is 14.6. The van der Waals surface area contributed by atoms with E-state index < -0.39 is 63.1 Å². The maximum Gasteiger partial charge on any atom is 0.335 e. The SMILES string of the molecule is C.C.C[C@@H](Cc1ccccc1)NS(=O)(=O)c1ccc(-c2nc(-c3ccccc3)no2)cc1.C[C@@H](Cc1ccccc1)NS(=O)(=O)c1ccc(C(=O)O)cc1.C[C@H](N)Cc1ccccc1.Cl.O=C(O)[C@@H](Cc1ccccc1)NS(=O)(=O)c1ccc(-c2nc(-c3ccccc3)no2)cc1.O=C(O)c1ccc(S(=O)(=O)Cl)cc1. The van der Waals surface area contributed by atoms with Gasteiger partial charge >= 0.3 is 17.9 Å². The second-order valence-electron chi connectivity index (χ2n) is 24.0. The fourth-order valence-electron chi connectivity index (χ4n) is 10.1. The Kier molecular flexibility index (Phi) is 34.9. The van der Waals surface area contributed by atoms with Crippen LogP contribution in [0.3, 0.4) is 0 Å². The van der Waals surface area contributed by atoms with Crippen LogP contribution in [0.25, 0.3) is 45.7 Å². The molecule has 0 fully saturated rings. The second kappa shape index (κ2) is 42.8. The molecule has 0 saturated carbocycles. The van der Waals surface area contributed by atoms with Gasteiger partial charge in [-0.15, -0.1) is 12.4 Å². The molecule has 10 aromatic carbocycles. The maximum atomic E-state index is 12.7. The third kappa shape index (κ3) is 28.3. The van der Waals surface area contributed by atoms with Crippen LogP contribution < -0.4 is 19.9 Å². The maximum absolute atomic E-state index is 12.7. The minimum atomic E-state index is -4.06. The Balaban J connectivity index is 0.000000258. The van der Waals surface area contributed by atoms with E-state index in [2.05, 4.69) is 46.6 Å². The molecule has 110 heavy (non-hydrogen) atoms. The van der Waals surface area contributed by atoms with Gasteiger partial charge in [-0.3, -0.25) is 4.79 Å². The molecule has 0 amide bonds. The summed E-state index contributed by atoms with van der Waals surface area (Å²) in [4.78, 5) is 41.6. The Morgan fingerprint density at radius 3 is 0.945 bits per heavy atom. The lowest BCUT2D eigenvalue weighted by Gasteiger charge is -2.15. The summed E-state index contributed by atoms with van der Waals surface area (Å²) in [5, 5.41) is 34.7. The monoisotopic (exact) mass is 1610 g/mol. The first kappa shape index (κ1) is 89.7. The minimum absolute atomic E-state index is 0. The van der Waals surface area contributed by atoms with Crippen LogP contribution in [-0.2, 0) is 69.6 Å². The zero-order chi connectivity index (χ0) is 77.2. The van der Waals surface area contributed by atoms with Crippen molar-refractivity contribution < 1.29 is 72.4 Å². The van der Waals surface area contributed by atoms with Gasteiger partial charge in [-0.1, -0.05) is 207 Å². The summed E-state index contributed by atoms with van der Waals surface area (Å²) in [7, 11) is -10.1. The number of aromatic nitrogens is 4. The molecule has 2 heterocycles. The quantitative estimate of drug-likeness (QED) is 0.0261. The van der Waals surface area contributed by atoms with Gasteiger partial charge in [0.2, 0.25) is 41.7 Å². The number of benzene rings is 10. The van der Waals surface area contributed by atoms with Gasteiger partial charge in [-0.25, -0.2) is 52.7 Å². The van der Waals surface area contributed by atoms with Crippen molar-refractivity contribution in [3.63, 3.8) is 0 Å². The Hall–Kier alpha value is -10.9. The first-order valence-corrected chi connectivity index (χ1v) is 39.6. The predicted molar refractivity (Wildman–Crippen MR) is 426 cm³/mol. The molecule has 8 N–H and O–H groups in total. The van der Waals surface area contributed by atoms with E-state index in [1.807, 2.05) is 153 Å². The highest BCUT2D eigenvalue weighted by molar-refractivity contribution is 8.13. The highest BCUT2D eigenvalue weighted by atomic mass is 35.7. The summed E-state index contributed by atoms with van der Waals surface area (Å²) >= 11 is 0. The molecular formula is C80H84Cl2N8O16S4. The second-order valence-corrected chi connectivity index (χ2v) is 31.7. The first-order valence-electron chi connectivity index (χ1n) is 32.8. The molecule has 30 heteroatoms. The van der Waals surface area contributed by atoms with Crippen molar-refractivity contribution in [1.29, 1.82) is 0 Å². The molecule has 0 saturated heterocycles. The smallest absolute Gasteiger partial charge is 0.335 e. The molecule has 0 aliphatic rings. The number of halogens is 2. The van der Waals surface area contributed by atoms with Crippen LogP contribution in [0.1, 0.15) is 78.6 Å². The lowest BCUT2D eigenvalue weighted by Crippen LogP contribution is -2.42. The van der Waals surface area contributed by atoms with Gasteiger partial charge < -0.3 is 30.1 Å². The zero-order valence-electron chi connectivity index (χ0n) is 58.1. The van der Waals surface area contributed by atoms with E-state index in [1.165, 1.54) is 66.2 Å². The molecule has 24 nitrogen and oxygen atoms in total. The molecule has 12 rings (SSSR count). The van der Waals surface area contributed by atoms with Crippen LogP contribution >= 0.6 is 23.1 Å². The molecule has 0 aliphatic carbocycles. The molecule has 0 unspecified atom stereocenters. The average molecular weight is 1610 g/mol. The van der Waals surface area contributed by atoms with E-state index in [4.69, 9.17) is 35.7 Å². The van der Waals surface area contributed by atoms with Gasteiger partial charge in [0.1, 0.15) is 6.04 Å². The molecular weight excluding hydrogens is 1530 g/mol. The summed E-state index contributed by atoms with van der Waals surface area (Å²) in [6.45, 7) is 5.66. The largest absolute Gasteiger partial charge is 0.480 e. The number of hydrogen-bond donors (Lipinski definition) is 7. The first-order chi connectivity index (χ1) is 51.0. The van der Waals surface area contributed by atoms with Gasteiger partial charge in [-0.05, 0) is 166 Å². The summed E-state index contributed by atoms with van der Waals surface area (Å²) in [6.07, 6.45) is 2.19. The van der Waals surface area contributed by atoms with Gasteiger partial charge in [0.05, 0.1) is 30.7 Å². The number of carbonyl (C=O) groups is 3. The third-order valence-electron chi connectivity index (χ3n) is 15.3. The van der Waals surface area contributed by atoms with Gasteiger partial charge in [0, 0.05) is 51.1 Å². The number of nitrogens with zero attached hydrogens (tertiary/aromatic N) is 4. The van der Waals surface area contributed by atoms with E-state index in [0.717, 1.165) is 40.8 Å². The molecule has 0 spiro atoms. The lowest BCUT2D eigenvalue weighted by molar-refractivity contribution is -0.138. The fraction of sp³-hybridized carbons (Fsp3) is 0.163. The summed E-state index contributed by atoms with van der Waals surface area (Å²) in [5.74, 6) is -1.97. The molecule has 0 aliphatic heterocycles.